The minimum absolute atomic E-state index is 0.283. The Kier molecular flexibility index (Phi) is 4.49. The largest absolute Gasteiger partial charge is 0.268 e. The van der Waals surface area contributed by atoms with Crippen LogP contribution in [-0.4, -0.2) is 18.2 Å². The zero-order chi connectivity index (χ0) is 15.6. The van der Waals surface area contributed by atoms with Crippen molar-refractivity contribution in [1.29, 1.82) is 0 Å². The lowest BCUT2D eigenvalue weighted by atomic mass is 10.1. The van der Waals surface area contributed by atoms with Crippen LogP contribution in [0.25, 0.3) is 0 Å². The highest BCUT2D eigenvalue weighted by atomic mass is 32.2. The Bertz CT molecular complexity index is 748. The highest BCUT2D eigenvalue weighted by Crippen LogP contribution is 2.19. The Morgan fingerprint density at radius 3 is 2.43 bits per heavy atom. The third-order valence-corrected chi connectivity index (χ3v) is 5.25. The smallest absolute Gasteiger partial charge is 0.244 e. The van der Waals surface area contributed by atoms with Gasteiger partial charge in [0, 0.05) is 13.1 Å². The van der Waals surface area contributed by atoms with Gasteiger partial charge >= 0.3 is 0 Å². The van der Waals surface area contributed by atoms with Crippen molar-refractivity contribution in [3.63, 3.8) is 0 Å². The molecule has 0 unspecified atom stereocenters. The van der Waals surface area contributed by atoms with E-state index in [4.69, 9.17) is 0 Å². The summed E-state index contributed by atoms with van der Waals surface area (Å²) in [5.41, 5.74) is 3.25. The number of aromatic nitrogens is 2. The Hall–Kier alpha value is -1.66. The van der Waals surface area contributed by atoms with Gasteiger partial charge in [-0.2, -0.15) is 5.10 Å². The van der Waals surface area contributed by atoms with E-state index in [2.05, 4.69) is 9.82 Å². The van der Waals surface area contributed by atoms with Crippen LogP contribution in [0.4, 0.5) is 0 Å². The quantitative estimate of drug-likeness (QED) is 0.922. The van der Waals surface area contributed by atoms with Gasteiger partial charge in [0.2, 0.25) is 10.0 Å². The second-order valence-corrected chi connectivity index (χ2v) is 6.77. The lowest BCUT2D eigenvalue weighted by Crippen LogP contribution is -2.24. The maximum Gasteiger partial charge on any atom is 0.244 e. The first-order chi connectivity index (χ1) is 9.86. The molecule has 2 aromatic rings. The molecule has 0 atom stereocenters. The van der Waals surface area contributed by atoms with Gasteiger partial charge in [-0.3, -0.25) is 4.68 Å². The molecule has 0 aliphatic carbocycles. The van der Waals surface area contributed by atoms with Crippen LogP contribution in [0.3, 0.4) is 0 Å². The molecule has 6 heteroatoms. The zero-order valence-corrected chi connectivity index (χ0v) is 13.7. The summed E-state index contributed by atoms with van der Waals surface area (Å²) in [4.78, 5) is 0.290. The Balaban J connectivity index is 2.28. The second kappa shape index (κ2) is 5.99. The molecule has 0 aliphatic rings. The molecule has 2 rings (SSSR count). The number of sulfonamides is 1. The maximum atomic E-state index is 12.5. The van der Waals surface area contributed by atoms with E-state index in [-0.39, 0.29) is 11.4 Å². The van der Waals surface area contributed by atoms with E-state index in [0.29, 0.717) is 17.9 Å². The third-order valence-electron chi connectivity index (χ3n) is 3.60. The number of rotatable bonds is 5. The average Bonchev–Trinajstić information content (AvgIpc) is 2.73. The molecule has 0 saturated heterocycles. The summed E-state index contributed by atoms with van der Waals surface area (Å²) in [5, 5.41) is 4.26. The minimum atomic E-state index is -3.56. The van der Waals surface area contributed by atoms with E-state index in [1.165, 1.54) is 0 Å². The highest BCUT2D eigenvalue weighted by molar-refractivity contribution is 7.89. The topological polar surface area (TPSA) is 64.0 Å². The highest BCUT2D eigenvalue weighted by Gasteiger charge is 2.24. The lowest BCUT2D eigenvalue weighted by Gasteiger charge is -2.09. The van der Waals surface area contributed by atoms with E-state index in [0.717, 1.165) is 11.1 Å². The fourth-order valence-corrected chi connectivity index (χ4v) is 3.84. The van der Waals surface area contributed by atoms with Gasteiger partial charge in [0.05, 0.1) is 11.4 Å². The first-order valence-corrected chi connectivity index (χ1v) is 8.43. The van der Waals surface area contributed by atoms with Crippen molar-refractivity contribution in [2.24, 2.45) is 0 Å². The SMILES string of the molecule is CCn1nc(C)c(S(=O)(=O)NCc2ccccc2C)c1C. The normalized spacial score (nSPS) is 11.8. The molecular formula is C15H21N3O2S. The van der Waals surface area contributed by atoms with Crippen molar-refractivity contribution in [1.82, 2.24) is 14.5 Å². The van der Waals surface area contributed by atoms with Gasteiger partial charge in [0.1, 0.15) is 4.90 Å². The van der Waals surface area contributed by atoms with Crippen molar-refractivity contribution in [3.8, 4) is 0 Å². The van der Waals surface area contributed by atoms with Crippen LogP contribution in [0.1, 0.15) is 29.4 Å². The van der Waals surface area contributed by atoms with Crippen LogP contribution >= 0.6 is 0 Å². The zero-order valence-electron chi connectivity index (χ0n) is 12.8. The van der Waals surface area contributed by atoms with E-state index in [1.54, 1.807) is 18.5 Å². The third kappa shape index (κ3) is 3.16. The predicted octanol–water partition coefficient (Wildman–Crippen LogP) is 2.31. The summed E-state index contributed by atoms with van der Waals surface area (Å²) >= 11 is 0. The molecule has 0 amide bonds. The molecule has 114 valence electrons. The van der Waals surface area contributed by atoms with Gasteiger partial charge in [-0.25, -0.2) is 13.1 Å². The summed E-state index contributed by atoms with van der Waals surface area (Å²) in [6, 6.07) is 7.73. The number of benzene rings is 1. The van der Waals surface area contributed by atoms with Crippen LogP contribution in [0.15, 0.2) is 29.2 Å². The molecule has 1 heterocycles. The van der Waals surface area contributed by atoms with Crippen molar-refractivity contribution in [2.45, 2.75) is 45.7 Å². The molecule has 0 fully saturated rings. The van der Waals surface area contributed by atoms with Gasteiger partial charge in [0.25, 0.3) is 0 Å². The lowest BCUT2D eigenvalue weighted by molar-refractivity contribution is 0.578. The number of nitrogens with one attached hydrogen (secondary N) is 1. The molecule has 0 spiro atoms. The van der Waals surface area contributed by atoms with Crippen LogP contribution in [0.2, 0.25) is 0 Å². The molecule has 0 bridgehead atoms. The summed E-state index contributed by atoms with van der Waals surface area (Å²) in [7, 11) is -3.56. The van der Waals surface area contributed by atoms with Crippen molar-refractivity contribution >= 4 is 10.0 Å². The Morgan fingerprint density at radius 1 is 1.19 bits per heavy atom. The number of nitrogens with zero attached hydrogens (tertiary/aromatic N) is 2. The predicted molar refractivity (Wildman–Crippen MR) is 82.6 cm³/mol. The molecule has 0 radical (unpaired) electrons. The monoisotopic (exact) mass is 307 g/mol. The van der Waals surface area contributed by atoms with Crippen LogP contribution in [0, 0.1) is 20.8 Å². The summed E-state index contributed by atoms with van der Waals surface area (Å²) in [5.74, 6) is 0. The molecule has 0 saturated carbocycles. The van der Waals surface area contributed by atoms with E-state index in [1.807, 2.05) is 38.1 Å². The molecule has 0 aliphatic heterocycles. The average molecular weight is 307 g/mol. The number of hydrogen-bond donors (Lipinski definition) is 1. The number of hydrogen-bond acceptors (Lipinski definition) is 3. The van der Waals surface area contributed by atoms with Crippen molar-refractivity contribution in [3.05, 3.63) is 46.8 Å². The molecule has 21 heavy (non-hydrogen) atoms. The summed E-state index contributed by atoms with van der Waals surface area (Å²) in [6.07, 6.45) is 0. The van der Waals surface area contributed by atoms with Gasteiger partial charge in [-0.1, -0.05) is 24.3 Å². The van der Waals surface area contributed by atoms with Gasteiger partial charge in [0.15, 0.2) is 0 Å². The number of aryl methyl sites for hydroxylation is 3. The standard InChI is InChI=1S/C15H21N3O2S/c1-5-18-13(4)15(12(3)17-18)21(19,20)16-10-14-9-7-6-8-11(14)2/h6-9,16H,5,10H2,1-4H3. The second-order valence-electron chi connectivity index (χ2n) is 5.07. The molecule has 1 aromatic heterocycles. The van der Waals surface area contributed by atoms with Gasteiger partial charge in [-0.15, -0.1) is 0 Å². The molecule has 1 N–H and O–H groups in total. The fourth-order valence-electron chi connectivity index (χ4n) is 2.43. The van der Waals surface area contributed by atoms with Crippen molar-refractivity contribution < 1.29 is 8.42 Å². The van der Waals surface area contributed by atoms with E-state index in [9.17, 15) is 8.42 Å². The Morgan fingerprint density at radius 2 is 1.86 bits per heavy atom. The summed E-state index contributed by atoms with van der Waals surface area (Å²) < 4.78 is 29.4. The summed E-state index contributed by atoms with van der Waals surface area (Å²) in [6.45, 7) is 8.35. The van der Waals surface area contributed by atoms with Crippen LogP contribution in [-0.2, 0) is 23.1 Å². The fraction of sp³-hybridized carbons (Fsp3) is 0.400. The van der Waals surface area contributed by atoms with E-state index < -0.39 is 10.0 Å². The first-order valence-electron chi connectivity index (χ1n) is 6.95. The van der Waals surface area contributed by atoms with Crippen LogP contribution in [0.5, 0.6) is 0 Å². The van der Waals surface area contributed by atoms with Gasteiger partial charge < -0.3 is 0 Å². The van der Waals surface area contributed by atoms with E-state index >= 15 is 0 Å². The Labute approximate surface area is 126 Å². The molecular weight excluding hydrogens is 286 g/mol. The molecule has 5 nitrogen and oxygen atoms in total. The first kappa shape index (κ1) is 15.7. The van der Waals surface area contributed by atoms with Crippen molar-refractivity contribution in [2.75, 3.05) is 0 Å². The maximum absolute atomic E-state index is 12.5. The van der Waals surface area contributed by atoms with Gasteiger partial charge in [-0.05, 0) is 38.8 Å². The minimum Gasteiger partial charge on any atom is -0.268 e. The van der Waals surface area contributed by atoms with Crippen LogP contribution < -0.4 is 4.72 Å². The molecule has 1 aromatic carbocycles.